The van der Waals surface area contributed by atoms with Crippen LogP contribution in [0.15, 0.2) is 114 Å². The third-order valence-electron chi connectivity index (χ3n) is 7.27. The van der Waals surface area contributed by atoms with Gasteiger partial charge in [0, 0.05) is 19.0 Å². The second-order valence-electron chi connectivity index (χ2n) is 10.4. The summed E-state index contributed by atoms with van der Waals surface area (Å²) in [6.45, 7) is 3.11. The standard InChI is InChI=1S/C34H35ClFN3O4S/c1-3-25(2)37-34(41)32(22-26-12-6-4-7-13-26)38(23-27-18-20-28(36)21-19-27)33(40)24-39(31-17-11-10-16-30(31)35)44(42,43)29-14-8-5-9-15-29/h4-21,25,32H,3,22-24H2,1-2H3,(H,37,41)/t25-,32-/m0/s1. The predicted molar refractivity (Wildman–Crippen MR) is 171 cm³/mol. The molecule has 10 heteroatoms. The molecule has 4 aromatic rings. The number of hydrogen-bond acceptors (Lipinski definition) is 4. The highest BCUT2D eigenvalue weighted by molar-refractivity contribution is 7.92. The molecule has 0 saturated carbocycles. The molecule has 1 N–H and O–H groups in total. The average Bonchev–Trinajstić information content (AvgIpc) is 3.03. The van der Waals surface area contributed by atoms with E-state index in [0.717, 1.165) is 9.87 Å². The lowest BCUT2D eigenvalue weighted by Gasteiger charge is -2.34. The predicted octanol–water partition coefficient (Wildman–Crippen LogP) is 6.23. The minimum Gasteiger partial charge on any atom is -0.352 e. The first-order chi connectivity index (χ1) is 21.1. The van der Waals surface area contributed by atoms with Crippen LogP contribution in [-0.2, 0) is 32.6 Å². The van der Waals surface area contributed by atoms with E-state index in [2.05, 4.69) is 5.32 Å². The molecule has 7 nitrogen and oxygen atoms in total. The lowest BCUT2D eigenvalue weighted by molar-refractivity contribution is -0.140. The smallest absolute Gasteiger partial charge is 0.264 e. The Morgan fingerprint density at radius 2 is 1.43 bits per heavy atom. The number of para-hydroxylation sites is 1. The van der Waals surface area contributed by atoms with E-state index in [1.54, 1.807) is 36.4 Å². The van der Waals surface area contributed by atoms with Crippen LogP contribution in [-0.4, -0.2) is 43.8 Å². The number of halogens is 2. The molecule has 4 aromatic carbocycles. The summed E-state index contributed by atoms with van der Waals surface area (Å²) in [5.74, 6) is -1.45. The molecule has 2 atom stereocenters. The van der Waals surface area contributed by atoms with Gasteiger partial charge in [0.2, 0.25) is 11.8 Å². The van der Waals surface area contributed by atoms with E-state index >= 15 is 0 Å². The third-order valence-corrected chi connectivity index (χ3v) is 9.36. The minimum atomic E-state index is -4.26. The van der Waals surface area contributed by atoms with Gasteiger partial charge < -0.3 is 10.2 Å². The molecule has 230 valence electrons. The molecule has 0 saturated heterocycles. The zero-order valence-electron chi connectivity index (χ0n) is 24.6. The Morgan fingerprint density at radius 3 is 2.05 bits per heavy atom. The maximum Gasteiger partial charge on any atom is 0.264 e. The van der Waals surface area contributed by atoms with Crippen LogP contribution in [0.3, 0.4) is 0 Å². The molecular weight excluding hydrogens is 601 g/mol. The van der Waals surface area contributed by atoms with Gasteiger partial charge in [-0.25, -0.2) is 12.8 Å². The zero-order chi connectivity index (χ0) is 31.7. The summed E-state index contributed by atoms with van der Waals surface area (Å²) < 4.78 is 42.8. The summed E-state index contributed by atoms with van der Waals surface area (Å²) >= 11 is 6.48. The summed E-state index contributed by atoms with van der Waals surface area (Å²) in [6, 6.07) is 27.9. The molecule has 4 rings (SSSR count). The fourth-order valence-corrected chi connectivity index (χ4v) is 6.41. The van der Waals surface area contributed by atoms with Crippen molar-refractivity contribution in [2.75, 3.05) is 10.8 Å². The number of nitrogens with zero attached hydrogens (tertiary/aromatic N) is 2. The van der Waals surface area contributed by atoms with Gasteiger partial charge in [-0.3, -0.25) is 13.9 Å². The summed E-state index contributed by atoms with van der Waals surface area (Å²) in [6.07, 6.45) is 0.846. The number of anilines is 1. The first kappa shape index (κ1) is 32.7. The normalized spacial score (nSPS) is 12.6. The fourth-order valence-electron chi connectivity index (χ4n) is 4.67. The second kappa shape index (κ2) is 15.0. The van der Waals surface area contributed by atoms with E-state index in [1.165, 1.54) is 47.4 Å². The Hall–Kier alpha value is -4.21. The van der Waals surface area contributed by atoms with Crippen molar-refractivity contribution < 1.29 is 22.4 Å². The molecule has 0 aliphatic carbocycles. The summed E-state index contributed by atoms with van der Waals surface area (Å²) in [7, 11) is -4.26. The number of carbonyl (C=O) groups is 2. The van der Waals surface area contributed by atoms with Crippen LogP contribution in [0.5, 0.6) is 0 Å². The van der Waals surface area contributed by atoms with Crippen molar-refractivity contribution in [3.05, 3.63) is 131 Å². The summed E-state index contributed by atoms with van der Waals surface area (Å²) in [5, 5.41) is 3.12. The van der Waals surface area contributed by atoms with E-state index < -0.39 is 34.3 Å². The van der Waals surface area contributed by atoms with Crippen LogP contribution >= 0.6 is 11.6 Å². The van der Waals surface area contributed by atoms with Crippen LogP contribution in [0.25, 0.3) is 0 Å². The highest BCUT2D eigenvalue weighted by Gasteiger charge is 2.35. The Morgan fingerprint density at radius 1 is 0.841 bits per heavy atom. The molecule has 0 unspecified atom stereocenters. The lowest BCUT2D eigenvalue weighted by Crippen LogP contribution is -2.54. The van der Waals surface area contributed by atoms with Crippen molar-refractivity contribution in [2.45, 2.75) is 50.2 Å². The highest BCUT2D eigenvalue weighted by atomic mass is 35.5. The van der Waals surface area contributed by atoms with Gasteiger partial charge in [0.25, 0.3) is 10.0 Å². The Bertz CT molecular complexity index is 1660. The fraction of sp³-hybridized carbons (Fsp3) is 0.235. The van der Waals surface area contributed by atoms with Gasteiger partial charge in [-0.1, -0.05) is 91.3 Å². The second-order valence-corrected chi connectivity index (χ2v) is 12.7. The van der Waals surface area contributed by atoms with Gasteiger partial charge in [-0.05, 0) is 60.9 Å². The number of carbonyl (C=O) groups excluding carboxylic acids is 2. The van der Waals surface area contributed by atoms with Crippen LogP contribution in [0.2, 0.25) is 5.02 Å². The van der Waals surface area contributed by atoms with Gasteiger partial charge in [-0.2, -0.15) is 0 Å². The molecule has 0 bridgehead atoms. The Kier molecular flexibility index (Phi) is 11.1. The van der Waals surface area contributed by atoms with E-state index in [-0.39, 0.29) is 40.5 Å². The topological polar surface area (TPSA) is 86.8 Å². The van der Waals surface area contributed by atoms with Crippen LogP contribution in [0.4, 0.5) is 10.1 Å². The largest absolute Gasteiger partial charge is 0.352 e. The maximum absolute atomic E-state index is 14.4. The van der Waals surface area contributed by atoms with Gasteiger partial charge >= 0.3 is 0 Å². The SMILES string of the molecule is CC[C@H](C)NC(=O)[C@H](Cc1ccccc1)N(Cc1ccc(F)cc1)C(=O)CN(c1ccccc1Cl)S(=O)(=O)c1ccccc1. The van der Waals surface area contributed by atoms with Gasteiger partial charge in [0.1, 0.15) is 18.4 Å². The van der Waals surface area contributed by atoms with Crippen molar-refractivity contribution in [1.82, 2.24) is 10.2 Å². The minimum absolute atomic E-state index is 0.0202. The van der Waals surface area contributed by atoms with E-state index in [1.807, 2.05) is 44.2 Å². The van der Waals surface area contributed by atoms with Gasteiger partial charge in [0.15, 0.2) is 0 Å². The number of nitrogens with one attached hydrogen (secondary N) is 1. The molecule has 44 heavy (non-hydrogen) atoms. The zero-order valence-corrected chi connectivity index (χ0v) is 26.1. The number of hydrogen-bond donors (Lipinski definition) is 1. The number of amides is 2. The summed E-state index contributed by atoms with van der Waals surface area (Å²) in [5.41, 5.74) is 1.51. The van der Waals surface area contributed by atoms with E-state index in [4.69, 9.17) is 11.6 Å². The molecule has 0 fully saturated rings. The molecule has 0 aliphatic heterocycles. The highest BCUT2D eigenvalue weighted by Crippen LogP contribution is 2.31. The van der Waals surface area contributed by atoms with Crippen molar-refractivity contribution in [2.24, 2.45) is 0 Å². The van der Waals surface area contributed by atoms with Crippen molar-refractivity contribution in [1.29, 1.82) is 0 Å². The average molecular weight is 636 g/mol. The van der Waals surface area contributed by atoms with Crippen LogP contribution in [0.1, 0.15) is 31.4 Å². The molecule has 0 heterocycles. The lowest BCUT2D eigenvalue weighted by atomic mass is 10.0. The van der Waals surface area contributed by atoms with E-state index in [0.29, 0.717) is 12.0 Å². The molecule has 0 radical (unpaired) electrons. The molecule has 2 amide bonds. The van der Waals surface area contributed by atoms with Crippen LogP contribution in [0, 0.1) is 5.82 Å². The number of sulfonamides is 1. The molecule has 0 spiro atoms. The van der Waals surface area contributed by atoms with Crippen molar-refractivity contribution in [3.8, 4) is 0 Å². The van der Waals surface area contributed by atoms with Gasteiger partial charge in [-0.15, -0.1) is 0 Å². The molecule has 0 aromatic heterocycles. The Labute approximate surface area is 263 Å². The van der Waals surface area contributed by atoms with Gasteiger partial charge in [0.05, 0.1) is 15.6 Å². The first-order valence-corrected chi connectivity index (χ1v) is 16.1. The maximum atomic E-state index is 14.4. The third kappa shape index (κ3) is 8.24. The van der Waals surface area contributed by atoms with Crippen molar-refractivity contribution >= 4 is 39.1 Å². The van der Waals surface area contributed by atoms with E-state index in [9.17, 15) is 22.4 Å². The Balaban J connectivity index is 1.81. The summed E-state index contributed by atoms with van der Waals surface area (Å²) in [4.78, 5) is 29.6. The van der Waals surface area contributed by atoms with Crippen molar-refractivity contribution in [3.63, 3.8) is 0 Å². The first-order valence-electron chi connectivity index (χ1n) is 14.3. The quantitative estimate of drug-likeness (QED) is 0.189. The number of rotatable bonds is 13. The molecular formula is C34H35ClFN3O4S. The monoisotopic (exact) mass is 635 g/mol. The number of benzene rings is 4. The van der Waals surface area contributed by atoms with Crippen LogP contribution < -0.4 is 9.62 Å². The molecule has 0 aliphatic rings.